The minimum Gasteiger partial charge on any atom is -0.463 e. The van der Waals surface area contributed by atoms with Gasteiger partial charge in [0.25, 0.3) is 0 Å². The molecule has 0 fully saturated rings. The van der Waals surface area contributed by atoms with Crippen molar-refractivity contribution in [2.75, 3.05) is 0 Å². The van der Waals surface area contributed by atoms with Gasteiger partial charge in [-0.05, 0) is 25.1 Å². The van der Waals surface area contributed by atoms with Crippen LogP contribution in [-0.2, 0) is 0 Å². The molecule has 2 aromatic rings. The SMILES string of the molecule is Cc1cc(-c2ccc(Br)cc2)nn1C(=O)O. The Morgan fingerprint density at radius 1 is 1.38 bits per heavy atom. The second-order valence-electron chi connectivity index (χ2n) is 3.37. The summed E-state index contributed by atoms with van der Waals surface area (Å²) in [6.45, 7) is 1.71. The van der Waals surface area contributed by atoms with Crippen LogP contribution in [0.3, 0.4) is 0 Å². The van der Waals surface area contributed by atoms with Crippen LogP contribution in [0.25, 0.3) is 11.3 Å². The number of carboxylic acid groups (broad SMARTS) is 1. The van der Waals surface area contributed by atoms with E-state index < -0.39 is 6.09 Å². The molecular weight excluding hydrogens is 272 g/mol. The van der Waals surface area contributed by atoms with E-state index in [1.807, 2.05) is 24.3 Å². The number of aryl methyl sites for hydroxylation is 1. The van der Waals surface area contributed by atoms with Crippen LogP contribution in [0.15, 0.2) is 34.8 Å². The Balaban J connectivity index is 2.45. The summed E-state index contributed by atoms with van der Waals surface area (Å²) in [5.74, 6) is 0. The molecule has 0 radical (unpaired) electrons. The molecule has 0 aliphatic rings. The molecule has 82 valence electrons. The van der Waals surface area contributed by atoms with Crippen molar-refractivity contribution in [3.05, 3.63) is 40.5 Å². The van der Waals surface area contributed by atoms with Gasteiger partial charge in [-0.15, -0.1) is 0 Å². The van der Waals surface area contributed by atoms with E-state index in [0.29, 0.717) is 11.4 Å². The number of nitrogens with zero attached hydrogens (tertiary/aromatic N) is 2. The third-order valence-corrected chi connectivity index (χ3v) is 2.74. The zero-order valence-electron chi connectivity index (χ0n) is 8.51. The van der Waals surface area contributed by atoms with E-state index in [4.69, 9.17) is 5.11 Å². The fourth-order valence-electron chi connectivity index (χ4n) is 1.43. The third kappa shape index (κ3) is 1.99. The average Bonchev–Trinajstić information content (AvgIpc) is 2.61. The first kappa shape index (κ1) is 10.9. The lowest BCUT2D eigenvalue weighted by molar-refractivity contribution is 0.192. The summed E-state index contributed by atoms with van der Waals surface area (Å²) >= 11 is 3.34. The van der Waals surface area contributed by atoms with Crippen molar-refractivity contribution in [1.29, 1.82) is 0 Å². The maximum Gasteiger partial charge on any atom is 0.432 e. The molecule has 1 N–H and O–H groups in total. The molecule has 1 aromatic heterocycles. The van der Waals surface area contributed by atoms with Gasteiger partial charge in [-0.1, -0.05) is 28.1 Å². The normalized spacial score (nSPS) is 10.4. The van der Waals surface area contributed by atoms with Gasteiger partial charge in [0.05, 0.1) is 5.69 Å². The quantitative estimate of drug-likeness (QED) is 0.873. The Labute approximate surface area is 101 Å². The Morgan fingerprint density at radius 2 is 2.00 bits per heavy atom. The standard InChI is InChI=1S/C11H9BrN2O2/c1-7-6-10(13-14(7)11(15)16)8-2-4-9(12)5-3-8/h2-6H,1H3,(H,15,16). The van der Waals surface area contributed by atoms with Gasteiger partial charge < -0.3 is 5.11 Å². The van der Waals surface area contributed by atoms with Crippen molar-refractivity contribution >= 4 is 22.0 Å². The monoisotopic (exact) mass is 280 g/mol. The predicted molar refractivity (Wildman–Crippen MR) is 63.5 cm³/mol. The third-order valence-electron chi connectivity index (χ3n) is 2.21. The fraction of sp³-hybridized carbons (Fsp3) is 0.0909. The van der Waals surface area contributed by atoms with Gasteiger partial charge in [0.1, 0.15) is 0 Å². The van der Waals surface area contributed by atoms with Crippen molar-refractivity contribution in [2.45, 2.75) is 6.92 Å². The molecule has 1 heterocycles. The summed E-state index contributed by atoms with van der Waals surface area (Å²) < 4.78 is 1.95. The Morgan fingerprint density at radius 3 is 2.50 bits per heavy atom. The number of hydrogen-bond donors (Lipinski definition) is 1. The van der Waals surface area contributed by atoms with Crippen molar-refractivity contribution < 1.29 is 9.90 Å². The molecule has 0 saturated heterocycles. The van der Waals surface area contributed by atoms with E-state index in [9.17, 15) is 4.79 Å². The molecule has 2 rings (SSSR count). The lowest BCUT2D eigenvalue weighted by Crippen LogP contribution is -2.11. The summed E-state index contributed by atoms with van der Waals surface area (Å²) in [5, 5.41) is 12.9. The number of hydrogen-bond acceptors (Lipinski definition) is 2. The minimum absolute atomic E-state index is 0.602. The molecule has 5 heteroatoms. The largest absolute Gasteiger partial charge is 0.463 e. The average molecular weight is 281 g/mol. The van der Waals surface area contributed by atoms with Crippen LogP contribution in [0, 0.1) is 6.92 Å². The van der Waals surface area contributed by atoms with Crippen molar-refractivity contribution in [2.24, 2.45) is 0 Å². The number of rotatable bonds is 1. The van der Waals surface area contributed by atoms with E-state index in [-0.39, 0.29) is 0 Å². The van der Waals surface area contributed by atoms with E-state index >= 15 is 0 Å². The Kier molecular flexibility index (Phi) is 2.78. The van der Waals surface area contributed by atoms with Gasteiger partial charge in [0, 0.05) is 15.7 Å². The van der Waals surface area contributed by atoms with Gasteiger partial charge in [-0.3, -0.25) is 0 Å². The lowest BCUT2D eigenvalue weighted by Gasteiger charge is -1.96. The van der Waals surface area contributed by atoms with Crippen LogP contribution in [0.4, 0.5) is 4.79 Å². The van der Waals surface area contributed by atoms with Crippen LogP contribution in [0.2, 0.25) is 0 Å². The highest BCUT2D eigenvalue weighted by molar-refractivity contribution is 9.10. The molecule has 0 bridgehead atoms. The summed E-state index contributed by atoms with van der Waals surface area (Å²) in [5.41, 5.74) is 2.16. The second-order valence-corrected chi connectivity index (χ2v) is 4.29. The lowest BCUT2D eigenvalue weighted by atomic mass is 10.1. The van der Waals surface area contributed by atoms with Crippen molar-refractivity contribution in [3.8, 4) is 11.3 Å². The molecular formula is C11H9BrN2O2. The van der Waals surface area contributed by atoms with Gasteiger partial charge in [0.15, 0.2) is 0 Å². The van der Waals surface area contributed by atoms with Gasteiger partial charge in [-0.2, -0.15) is 9.78 Å². The van der Waals surface area contributed by atoms with E-state index in [1.54, 1.807) is 13.0 Å². The molecule has 0 saturated carbocycles. The Hall–Kier alpha value is -1.62. The fourth-order valence-corrected chi connectivity index (χ4v) is 1.69. The van der Waals surface area contributed by atoms with Crippen LogP contribution in [0.5, 0.6) is 0 Å². The number of carbonyl (C=O) groups is 1. The topological polar surface area (TPSA) is 55.1 Å². The second kappa shape index (κ2) is 4.09. The smallest absolute Gasteiger partial charge is 0.432 e. The maximum absolute atomic E-state index is 10.8. The van der Waals surface area contributed by atoms with E-state index in [1.165, 1.54) is 0 Å². The zero-order chi connectivity index (χ0) is 11.7. The van der Waals surface area contributed by atoms with Crippen LogP contribution >= 0.6 is 15.9 Å². The van der Waals surface area contributed by atoms with E-state index in [2.05, 4.69) is 21.0 Å². The first-order valence-electron chi connectivity index (χ1n) is 4.64. The summed E-state index contributed by atoms with van der Waals surface area (Å²) in [4.78, 5) is 10.8. The highest BCUT2D eigenvalue weighted by Gasteiger charge is 2.10. The molecule has 0 aliphatic carbocycles. The summed E-state index contributed by atoms with van der Waals surface area (Å²) in [6.07, 6.45) is -1.07. The van der Waals surface area contributed by atoms with Crippen LogP contribution < -0.4 is 0 Å². The highest BCUT2D eigenvalue weighted by Crippen LogP contribution is 2.21. The highest BCUT2D eigenvalue weighted by atomic mass is 79.9. The minimum atomic E-state index is -1.07. The zero-order valence-corrected chi connectivity index (χ0v) is 10.1. The predicted octanol–water partition coefficient (Wildman–Crippen LogP) is 3.15. The molecule has 1 aromatic carbocycles. The Bertz CT molecular complexity index is 531. The van der Waals surface area contributed by atoms with Crippen molar-refractivity contribution in [1.82, 2.24) is 9.78 Å². The maximum atomic E-state index is 10.8. The van der Waals surface area contributed by atoms with E-state index in [0.717, 1.165) is 14.7 Å². The molecule has 0 spiro atoms. The molecule has 0 unspecified atom stereocenters. The van der Waals surface area contributed by atoms with Crippen molar-refractivity contribution in [3.63, 3.8) is 0 Å². The first-order valence-corrected chi connectivity index (χ1v) is 5.43. The number of halogens is 1. The molecule has 4 nitrogen and oxygen atoms in total. The van der Waals surface area contributed by atoms with Crippen LogP contribution in [0.1, 0.15) is 5.69 Å². The number of aromatic nitrogens is 2. The molecule has 16 heavy (non-hydrogen) atoms. The van der Waals surface area contributed by atoms with Gasteiger partial charge >= 0.3 is 6.09 Å². The molecule has 0 aliphatic heterocycles. The number of benzene rings is 1. The summed E-state index contributed by atoms with van der Waals surface area (Å²) in [6, 6.07) is 9.31. The first-order chi connectivity index (χ1) is 7.58. The van der Waals surface area contributed by atoms with Gasteiger partial charge in [0.2, 0.25) is 0 Å². The molecule has 0 atom stereocenters. The molecule has 0 amide bonds. The van der Waals surface area contributed by atoms with Crippen LogP contribution in [-0.4, -0.2) is 21.0 Å². The van der Waals surface area contributed by atoms with Gasteiger partial charge in [-0.25, -0.2) is 4.79 Å². The summed E-state index contributed by atoms with van der Waals surface area (Å²) in [7, 11) is 0.